The van der Waals surface area contributed by atoms with Crippen LogP contribution in [0.3, 0.4) is 0 Å². The number of hydrogen-bond acceptors (Lipinski definition) is 3. The maximum absolute atomic E-state index is 13.9. The Morgan fingerprint density at radius 3 is 2.68 bits per heavy atom. The largest absolute Gasteiger partial charge is 0.349 e. The number of carbonyl (C=O) groups is 1. The Hall–Kier alpha value is -1.56. The van der Waals surface area contributed by atoms with E-state index in [4.69, 9.17) is 5.73 Å². The van der Waals surface area contributed by atoms with Gasteiger partial charge in [0.15, 0.2) is 0 Å². The van der Waals surface area contributed by atoms with Gasteiger partial charge in [-0.3, -0.25) is 4.79 Å². The van der Waals surface area contributed by atoms with Gasteiger partial charge in [0.1, 0.15) is 5.82 Å². The van der Waals surface area contributed by atoms with Crippen LogP contribution in [0.1, 0.15) is 36.6 Å². The Balaban J connectivity index is 0.00000225. The van der Waals surface area contributed by atoms with Gasteiger partial charge in [-0.15, -0.1) is 24.2 Å². The number of halogens is 2. The molecule has 6 heteroatoms. The predicted molar refractivity (Wildman–Crippen MR) is 102 cm³/mol. The van der Waals surface area contributed by atoms with Crippen molar-refractivity contribution in [1.29, 1.82) is 0 Å². The van der Waals surface area contributed by atoms with Gasteiger partial charge in [0.05, 0.1) is 12.0 Å². The molecule has 0 aromatic heterocycles. The minimum Gasteiger partial charge on any atom is -0.349 e. The molecule has 0 bridgehead atoms. The molecule has 25 heavy (non-hydrogen) atoms. The molecule has 2 aromatic rings. The van der Waals surface area contributed by atoms with Crippen molar-refractivity contribution in [2.75, 3.05) is 5.75 Å². The van der Waals surface area contributed by atoms with E-state index in [-0.39, 0.29) is 42.1 Å². The van der Waals surface area contributed by atoms with E-state index in [2.05, 4.69) is 5.32 Å². The molecule has 3 rings (SSSR count). The molecule has 0 saturated heterocycles. The zero-order valence-electron chi connectivity index (χ0n) is 13.9. The first-order valence-corrected chi connectivity index (χ1v) is 9.08. The number of carbonyl (C=O) groups excluding carboxylic acids is 1. The lowest BCUT2D eigenvalue weighted by atomic mass is 9.93. The van der Waals surface area contributed by atoms with E-state index in [1.807, 2.05) is 43.3 Å². The van der Waals surface area contributed by atoms with E-state index in [0.717, 1.165) is 23.3 Å². The Bertz CT molecular complexity index is 729. The number of rotatable bonds is 4. The summed E-state index contributed by atoms with van der Waals surface area (Å²) in [4.78, 5) is 13.3. The van der Waals surface area contributed by atoms with E-state index >= 15 is 0 Å². The number of hydrogen-bond donors (Lipinski definition) is 2. The lowest BCUT2D eigenvalue weighted by molar-refractivity contribution is -0.126. The molecule has 0 spiro atoms. The van der Waals surface area contributed by atoms with Crippen LogP contribution in [-0.2, 0) is 4.79 Å². The maximum Gasteiger partial charge on any atom is 0.225 e. The summed E-state index contributed by atoms with van der Waals surface area (Å²) in [6, 6.07) is 14.1. The minimum absolute atomic E-state index is 0. The summed E-state index contributed by atoms with van der Waals surface area (Å²) in [5.41, 5.74) is 8.04. The fourth-order valence-corrected chi connectivity index (χ4v) is 4.11. The molecule has 0 saturated carbocycles. The lowest BCUT2D eigenvalue weighted by Crippen LogP contribution is -2.38. The number of amides is 1. The van der Waals surface area contributed by atoms with Crippen LogP contribution < -0.4 is 11.1 Å². The lowest BCUT2D eigenvalue weighted by Gasteiger charge is -2.28. The highest BCUT2D eigenvalue weighted by molar-refractivity contribution is 7.99. The molecule has 0 radical (unpaired) electrons. The highest BCUT2D eigenvalue weighted by atomic mass is 35.5. The number of benzene rings is 2. The van der Waals surface area contributed by atoms with Crippen LogP contribution in [0, 0.1) is 11.7 Å². The fourth-order valence-electron chi connectivity index (χ4n) is 2.97. The van der Waals surface area contributed by atoms with Crippen molar-refractivity contribution in [3.63, 3.8) is 0 Å². The summed E-state index contributed by atoms with van der Waals surface area (Å²) in [6.45, 7) is 1.83. The Kier molecular flexibility index (Phi) is 6.87. The van der Waals surface area contributed by atoms with Crippen molar-refractivity contribution in [2.24, 2.45) is 11.7 Å². The molecule has 3 atom stereocenters. The first kappa shape index (κ1) is 19.8. The number of nitrogens with two attached hydrogens (primary N) is 1. The summed E-state index contributed by atoms with van der Waals surface area (Å²) in [5, 5.41) is 3.05. The Morgan fingerprint density at radius 1 is 1.24 bits per heavy atom. The first-order chi connectivity index (χ1) is 11.6. The molecule has 1 aliphatic heterocycles. The third kappa shape index (κ3) is 4.35. The summed E-state index contributed by atoms with van der Waals surface area (Å²) in [6.07, 6.45) is 0.792. The zero-order chi connectivity index (χ0) is 17.1. The fraction of sp³-hybridized carbons (Fsp3) is 0.316. The van der Waals surface area contributed by atoms with Crippen molar-refractivity contribution >= 4 is 30.1 Å². The predicted octanol–water partition coefficient (Wildman–Crippen LogP) is 4.24. The maximum atomic E-state index is 13.9. The average Bonchev–Trinajstić information content (AvgIpc) is 2.62. The third-order valence-corrected chi connectivity index (χ3v) is 5.64. The van der Waals surface area contributed by atoms with Gasteiger partial charge in [-0.25, -0.2) is 4.39 Å². The van der Waals surface area contributed by atoms with Gasteiger partial charge in [-0.05, 0) is 23.6 Å². The molecule has 0 fully saturated rings. The molecule has 134 valence electrons. The van der Waals surface area contributed by atoms with E-state index in [0.29, 0.717) is 4.90 Å². The van der Waals surface area contributed by atoms with Gasteiger partial charge in [0, 0.05) is 16.7 Å². The molecule has 3 nitrogen and oxygen atoms in total. The average molecular weight is 381 g/mol. The Labute approximate surface area is 158 Å². The number of nitrogens with one attached hydrogen (secondary N) is 1. The zero-order valence-corrected chi connectivity index (χ0v) is 15.6. The third-order valence-electron chi connectivity index (χ3n) is 4.48. The van der Waals surface area contributed by atoms with Gasteiger partial charge >= 0.3 is 0 Å². The van der Waals surface area contributed by atoms with Crippen molar-refractivity contribution in [2.45, 2.75) is 30.3 Å². The summed E-state index contributed by atoms with van der Waals surface area (Å²) < 4.78 is 13.9. The van der Waals surface area contributed by atoms with E-state index in [1.165, 1.54) is 17.8 Å². The highest BCUT2D eigenvalue weighted by Crippen LogP contribution is 2.38. The summed E-state index contributed by atoms with van der Waals surface area (Å²) in [7, 11) is 0. The molecule has 3 N–H and O–H groups in total. The topological polar surface area (TPSA) is 55.1 Å². The van der Waals surface area contributed by atoms with Gasteiger partial charge in [-0.1, -0.05) is 49.4 Å². The quantitative estimate of drug-likeness (QED) is 0.834. The Morgan fingerprint density at radius 2 is 1.96 bits per heavy atom. The van der Waals surface area contributed by atoms with Crippen LogP contribution in [0.5, 0.6) is 0 Å². The number of thioether (sulfide) groups is 1. The molecule has 0 aliphatic carbocycles. The van der Waals surface area contributed by atoms with Crippen molar-refractivity contribution in [3.05, 3.63) is 65.5 Å². The van der Waals surface area contributed by atoms with Gasteiger partial charge in [0.2, 0.25) is 5.91 Å². The van der Waals surface area contributed by atoms with Crippen LogP contribution in [-0.4, -0.2) is 11.7 Å². The van der Waals surface area contributed by atoms with E-state index in [1.54, 1.807) is 6.07 Å². The second-order valence-electron chi connectivity index (χ2n) is 6.08. The smallest absolute Gasteiger partial charge is 0.225 e. The van der Waals surface area contributed by atoms with E-state index in [9.17, 15) is 9.18 Å². The second kappa shape index (κ2) is 8.70. The number of fused-ring (bicyclic) bond motifs is 1. The molecule has 2 aromatic carbocycles. The van der Waals surface area contributed by atoms with Crippen LogP contribution in [0.2, 0.25) is 0 Å². The first-order valence-electron chi connectivity index (χ1n) is 8.10. The molecule has 1 heterocycles. The van der Waals surface area contributed by atoms with Crippen LogP contribution in [0.4, 0.5) is 4.39 Å². The summed E-state index contributed by atoms with van der Waals surface area (Å²) >= 11 is 1.51. The van der Waals surface area contributed by atoms with Crippen molar-refractivity contribution in [1.82, 2.24) is 5.32 Å². The highest BCUT2D eigenvalue weighted by Gasteiger charge is 2.28. The SMILES string of the molecule is CC(C(=O)NC1CCSc2c(F)cccc21)C(N)c1ccccc1.Cl. The second-order valence-corrected chi connectivity index (χ2v) is 7.19. The minimum atomic E-state index is -0.365. The molecular weight excluding hydrogens is 359 g/mol. The van der Waals surface area contributed by atoms with Gasteiger partial charge in [-0.2, -0.15) is 0 Å². The molecule has 1 aliphatic rings. The van der Waals surface area contributed by atoms with Gasteiger partial charge in [0.25, 0.3) is 0 Å². The summed E-state index contributed by atoms with van der Waals surface area (Å²) in [5.74, 6) is 0.112. The normalized spacial score (nSPS) is 18.4. The van der Waals surface area contributed by atoms with Gasteiger partial charge < -0.3 is 11.1 Å². The molecule has 3 unspecified atom stereocenters. The molecular formula is C19H22ClFN2OS. The van der Waals surface area contributed by atoms with Crippen molar-refractivity contribution in [3.8, 4) is 0 Å². The van der Waals surface area contributed by atoms with Crippen molar-refractivity contribution < 1.29 is 9.18 Å². The molecule has 1 amide bonds. The standard InChI is InChI=1S/C19H21FN2OS.ClH/c1-12(17(21)13-6-3-2-4-7-13)19(23)22-16-10-11-24-18-14(16)8-5-9-15(18)20;/h2-9,12,16-17H,10-11,21H2,1H3,(H,22,23);1H. The monoisotopic (exact) mass is 380 g/mol. The van der Waals surface area contributed by atoms with Crippen LogP contribution in [0.15, 0.2) is 53.4 Å². The van der Waals surface area contributed by atoms with Crippen LogP contribution in [0.25, 0.3) is 0 Å². The van der Waals surface area contributed by atoms with E-state index < -0.39 is 0 Å². The van der Waals surface area contributed by atoms with Crippen LogP contribution >= 0.6 is 24.2 Å².